The van der Waals surface area contributed by atoms with Crippen LogP contribution in [-0.4, -0.2) is 32.5 Å². The monoisotopic (exact) mass is 407 g/mol. The Morgan fingerprint density at radius 3 is 2.30 bits per heavy atom. The second kappa shape index (κ2) is 7.73. The zero-order valence-corrected chi connectivity index (χ0v) is 18.4. The number of phenols is 1. The van der Waals surface area contributed by atoms with Crippen molar-refractivity contribution in [2.45, 2.75) is 39.3 Å². The van der Waals surface area contributed by atoms with E-state index in [1.165, 1.54) is 0 Å². The molecule has 0 fully saturated rings. The number of phenolic OH excluding ortho intramolecular Hbond substituents is 1. The van der Waals surface area contributed by atoms with Gasteiger partial charge < -0.3 is 24.6 Å². The van der Waals surface area contributed by atoms with Crippen LogP contribution in [0.3, 0.4) is 0 Å². The van der Waals surface area contributed by atoms with E-state index >= 15 is 0 Å². The first-order valence-electron chi connectivity index (χ1n) is 10.2. The van der Waals surface area contributed by atoms with Crippen LogP contribution in [0.25, 0.3) is 21.9 Å². The molecule has 2 atom stereocenters. The lowest BCUT2D eigenvalue weighted by Gasteiger charge is -2.33. The van der Waals surface area contributed by atoms with Gasteiger partial charge >= 0.3 is 0 Å². The summed E-state index contributed by atoms with van der Waals surface area (Å²) in [5.41, 5.74) is 5.14. The fraction of sp³-hybridized carbons (Fsp3) is 0.360. The first kappa shape index (κ1) is 20.4. The highest BCUT2D eigenvalue weighted by atomic mass is 16.5. The molecule has 5 heteroatoms. The van der Waals surface area contributed by atoms with Crippen molar-refractivity contribution in [3.8, 4) is 34.1 Å². The Balaban J connectivity index is 2.15. The van der Waals surface area contributed by atoms with E-state index in [-0.39, 0.29) is 17.8 Å². The third kappa shape index (κ3) is 3.05. The topological polar surface area (TPSA) is 60.0 Å². The summed E-state index contributed by atoms with van der Waals surface area (Å²) in [6.45, 7) is 6.36. The lowest BCUT2D eigenvalue weighted by molar-refractivity contribution is 0.377. The Morgan fingerprint density at radius 2 is 1.63 bits per heavy atom. The molecule has 30 heavy (non-hydrogen) atoms. The van der Waals surface area contributed by atoms with Crippen molar-refractivity contribution in [2.75, 3.05) is 21.3 Å². The highest BCUT2D eigenvalue weighted by Gasteiger charge is 2.30. The summed E-state index contributed by atoms with van der Waals surface area (Å²) in [6, 6.07) is 10.1. The number of rotatable bonds is 4. The van der Waals surface area contributed by atoms with Crippen LogP contribution in [0.15, 0.2) is 30.3 Å². The molecule has 3 aromatic rings. The Bertz CT molecular complexity index is 1120. The molecule has 0 aromatic heterocycles. The summed E-state index contributed by atoms with van der Waals surface area (Å²) in [5, 5.41) is 16.7. The minimum absolute atomic E-state index is 0.123. The molecule has 4 rings (SSSR count). The number of hydrogen-bond acceptors (Lipinski definition) is 5. The molecule has 0 spiro atoms. The molecular weight excluding hydrogens is 378 g/mol. The van der Waals surface area contributed by atoms with E-state index in [2.05, 4.69) is 32.2 Å². The predicted octanol–water partition coefficient (Wildman–Crippen LogP) is 5.14. The summed E-state index contributed by atoms with van der Waals surface area (Å²) in [6.07, 6.45) is 0.802. The van der Waals surface area contributed by atoms with Gasteiger partial charge in [0.25, 0.3) is 0 Å². The molecular formula is C25H29NO4. The number of ether oxygens (including phenoxy) is 3. The van der Waals surface area contributed by atoms with Crippen molar-refractivity contribution in [3.05, 3.63) is 47.0 Å². The molecule has 1 heterocycles. The van der Waals surface area contributed by atoms with E-state index in [9.17, 15) is 5.11 Å². The Kier molecular flexibility index (Phi) is 5.24. The molecule has 2 N–H and O–H groups in total. The number of fused-ring (bicyclic) bond motifs is 2. The van der Waals surface area contributed by atoms with Gasteiger partial charge in [0.05, 0.1) is 26.7 Å². The van der Waals surface area contributed by atoms with Gasteiger partial charge in [-0.25, -0.2) is 0 Å². The molecule has 1 aliphatic rings. The average Bonchev–Trinajstić information content (AvgIpc) is 2.72. The Hall–Kier alpha value is -2.92. The third-order valence-electron chi connectivity index (χ3n) is 6.09. The fourth-order valence-electron chi connectivity index (χ4n) is 4.93. The van der Waals surface area contributed by atoms with Gasteiger partial charge in [0.1, 0.15) is 23.0 Å². The van der Waals surface area contributed by atoms with Gasteiger partial charge in [-0.3, -0.25) is 0 Å². The van der Waals surface area contributed by atoms with Crippen LogP contribution < -0.4 is 19.5 Å². The molecule has 0 saturated carbocycles. The van der Waals surface area contributed by atoms with Gasteiger partial charge in [0, 0.05) is 29.3 Å². The lowest BCUT2D eigenvalue weighted by atomic mass is 9.81. The molecule has 0 radical (unpaired) electrons. The zero-order chi connectivity index (χ0) is 21.6. The number of methoxy groups -OCH3 is 3. The molecule has 3 aromatic carbocycles. The largest absolute Gasteiger partial charge is 0.507 e. The highest BCUT2D eigenvalue weighted by molar-refractivity contribution is 6.06. The normalized spacial score (nSPS) is 18.2. The van der Waals surface area contributed by atoms with Crippen LogP contribution in [0, 0.1) is 6.92 Å². The second-order valence-corrected chi connectivity index (χ2v) is 8.01. The van der Waals surface area contributed by atoms with Gasteiger partial charge in [-0.2, -0.15) is 0 Å². The van der Waals surface area contributed by atoms with Crippen molar-refractivity contribution < 1.29 is 19.3 Å². The Morgan fingerprint density at radius 1 is 0.933 bits per heavy atom. The van der Waals surface area contributed by atoms with E-state index in [0.717, 1.165) is 56.5 Å². The first-order chi connectivity index (χ1) is 14.4. The van der Waals surface area contributed by atoms with Crippen LogP contribution in [0.1, 0.15) is 36.6 Å². The maximum Gasteiger partial charge on any atom is 0.130 e. The van der Waals surface area contributed by atoms with Crippen molar-refractivity contribution in [2.24, 2.45) is 0 Å². The smallest absolute Gasteiger partial charge is 0.130 e. The van der Waals surface area contributed by atoms with Crippen molar-refractivity contribution in [3.63, 3.8) is 0 Å². The van der Waals surface area contributed by atoms with Crippen LogP contribution in [0.4, 0.5) is 0 Å². The molecule has 0 amide bonds. The maximum absolute atomic E-state index is 11.2. The minimum atomic E-state index is 0.123. The average molecular weight is 408 g/mol. The van der Waals surface area contributed by atoms with E-state index in [0.29, 0.717) is 5.75 Å². The number of benzene rings is 3. The van der Waals surface area contributed by atoms with E-state index in [1.54, 1.807) is 27.4 Å². The number of hydrogen-bond donors (Lipinski definition) is 2. The zero-order valence-electron chi connectivity index (χ0n) is 18.4. The van der Waals surface area contributed by atoms with Gasteiger partial charge in [-0.1, -0.05) is 12.1 Å². The van der Waals surface area contributed by atoms with E-state index < -0.39 is 0 Å². The molecule has 5 nitrogen and oxygen atoms in total. The van der Waals surface area contributed by atoms with Crippen LogP contribution in [-0.2, 0) is 6.42 Å². The summed E-state index contributed by atoms with van der Waals surface area (Å²) < 4.78 is 17.0. The molecule has 1 aliphatic heterocycles. The van der Waals surface area contributed by atoms with Crippen LogP contribution >= 0.6 is 0 Å². The minimum Gasteiger partial charge on any atom is -0.507 e. The van der Waals surface area contributed by atoms with Gasteiger partial charge in [0.15, 0.2) is 0 Å². The number of aryl methyl sites for hydroxylation is 1. The number of nitrogens with one attached hydrogen (secondary N) is 1. The summed E-state index contributed by atoms with van der Waals surface area (Å²) in [7, 11) is 4.98. The number of aromatic hydroxyl groups is 1. The van der Waals surface area contributed by atoms with Crippen LogP contribution in [0.5, 0.6) is 23.0 Å². The molecule has 0 aliphatic carbocycles. The van der Waals surface area contributed by atoms with E-state index in [4.69, 9.17) is 14.2 Å². The SMILES string of the molecule is COc1cc(O)c(-c2c(C)cc(OC)c3c(OC)cccc23)c2c1[C@H](C)NC(C)C2. The molecule has 0 saturated heterocycles. The first-order valence-corrected chi connectivity index (χ1v) is 10.2. The third-order valence-corrected chi connectivity index (χ3v) is 6.09. The van der Waals surface area contributed by atoms with Gasteiger partial charge in [0.2, 0.25) is 0 Å². The summed E-state index contributed by atoms with van der Waals surface area (Å²) in [5.74, 6) is 2.44. The van der Waals surface area contributed by atoms with Crippen LogP contribution in [0.2, 0.25) is 0 Å². The highest BCUT2D eigenvalue weighted by Crippen LogP contribution is 2.49. The fourth-order valence-corrected chi connectivity index (χ4v) is 4.93. The standard InChI is InChI=1S/C25H29NO4/c1-13-10-20(29-5)25-16(8-7-9-19(25)28-4)22(13)24-17-11-14(2)26-15(3)23(17)21(30-6)12-18(24)27/h7-10,12,14-15,26-27H,11H2,1-6H3/t14?,15-/m0/s1. The quantitative estimate of drug-likeness (QED) is 0.627. The van der Waals surface area contributed by atoms with E-state index in [1.807, 2.05) is 18.2 Å². The Labute approximate surface area is 177 Å². The summed E-state index contributed by atoms with van der Waals surface area (Å²) in [4.78, 5) is 0. The molecule has 0 bridgehead atoms. The van der Waals surface area contributed by atoms with Gasteiger partial charge in [-0.05, 0) is 61.4 Å². The summed E-state index contributed by atoms with van der Waals surface area (Å²) >= 11 is 0. The van der Waals surface area contributed by atoms with Crippen molar-refractivity contribution >= 4 is 10.8 Å². The predicted molar refractivity (Wildman–Crippen MR) is 120 cm³/mol. The van der Waals surface area contributed by atoms with Crippen molar-refractivity contribution in [1.82, 2.24) is 5.32 Å². The van der Waals surface area contributed by atoms with Gasteiger partial charge in [-0.15, -0.1) is 0 Å². The lowest BCUT2D eigenvalue weighted by Crippen LogP contribution is -2.36. The van der Waals surface area contributed by atoms with Crippen molar-refractivity contribution in [1.29, 1.82) is 0 Å². The second-order valence-electron chi connectivity index (χ2n) is 8.01. The maximum atomic E-state index is 11.2. The molecule has 158 valence electrons. The molecule has 1 unspecified atom stereocenters.